The van der Waals surface area contributed by atoms with Gasteiger partial charge in [-0.15, -0.1) is 0 Å². The van der Waals surface area contributed by atoms with E-state index in [2.05, 4.69) is 15.5 Å². The van der Waals surface area contributed by atoms with Crippen LogP contribution in [0, 0.1) is 6.92 Å². The van der Waals surface area contributed by atoms with Crippen molar-refractivity contribution in [2.24, 2.45) is 0 Å². The highest BCUT2D eigenvalue weighted by molar-refractivity contribution is 5.99. The number of nitrogens with one attached hydrogen (secondary N) is 2. The Bertz CT molecular complexity index is 664. The molecule has 2 aliphatic rings. The first kappa shape index (κ1) is 18.7. The molecule has 26 heavy (non-hydrogen) atoms. The van der Waals surface area contributed by atoms with Crippen molar-refractivity contribution < 1.29 is 14.7 Å². The highest BCUT2D eigenvalue weighted by Crippen LogP contribution is 2.23. The van der Waals surface area contributed by atoms with E-state index in [1.807, 2.05) is 13.0 Å². The SMILES string of the molecule is Cc1ccc(C(=O)NCCN2CCCC[C@@H]2CO)cc1N1CCNC1=O. The molecule has 2 saturated heterocycles. The van der Waals surface area contributed by atoms with Gasteiger partial charge in [-0.1, -0.05) is 12.5 Å². The number of rotatable bonds is 6. The molecule has 7 heteroatoms. The van der Waals surface area contributed by atoms with Crippen LogP contribution >= 0.6 is 0 Å². The number of hydrogen-bond donors (Lipinski definition) is 3. The smallest absolute Gasteiger partial charge is 0.322 e. The van der Waals surface area contributed by atoms with Crippen molar-refractivity contribution in [3.8, 4) is 0 Å². The van der Waals surface area contributed by atoms with Crippen molar-refractivity contribution in [2.75, 3.05) is 44.2 Å². The topological polar surface area (TPSA) is 84.9 Å². The van der Waals surface area contributed by atoms with Crippen LogP contribution in [0.3, 0.4) is 0 Å². The monoisotopic (exact) mass is 360 g/mol. The van der Waals surface area contributed by atoms with Crippen molar-refractivity contribution in [1.82, 2.24) is 15.5 Å². The van der Waals surface area contributed by atoms with Crippen LogP contribution in [0.15, 0.2) is 18.2 Å². The quantitative estimate of drug-likeness (QED) is 0.709. The van der Waals surface area contributed by atoms with Gasteiger partial charge in [0.05, 0.1) is 6.61 Å². The number of benzene rings is 1. The predicted molar refractivity (Wildman–Crippen MR) is 101 cm³/mol. The van der Waals surface area contributed by atoms with Gasteiger partial charge in [0.15, 0.2) is 0 Å². The van der Waals surface area contributed by atoms with Crippen LogP contribution < -0.4 is 15.5 Å². The zero-order valence-electron chi connectivity index (χ0n) is 15.3. The minimum atomic E-state index is -0.136. The summed E-state index contributed by atoms with van der Waals surface area (Å²) in [6.07, 6.45) is 3.32. The molecular formula is C19H28N4O3. The summed E-state index contributed by atoms with van der Waals surface area (Å²) in [6, 6.07) is 5.54. The van der Waals surface area contributed by atoms with Gasteiger partial charge in [0.25, 0.3) is 5.91 Å². The van der Waals surface area contributed by atoms with Gasteiger partial charge < -0.3 is 15.7 Å². The molecule has 0 saturated carbocycles. The predicted octanol–water partition coefficient (Wildman–Crippen LogP) is 1.10. The molecule has 1 aromatic carbocycles. The number of hydrogen-bond acceptors (Lipinski definition) is 4. The molecule has 0 unspecified atom stereocenters. The zero-order chi connectivity index (χ0) is 18.5. The lowest BCUT2D eigenvalue weighted by Gasteiger charge is -2.34. The molecule has 2 aliphatic heterocycles. The van der Waals surface area contributed by atoms with Crippen molar-refractivity contribution >= 4 is 17.6 Å². The van der Waals surface area contributed by atoms with Gasteiger partial charge in [-0.2, -0.15) is 0 Å². The van der Waals surface area contributed by atoms with Gasteiger partial charge >= 0.3 is 6.03 Å². The summed E-state index contributed by atoms with van der Waals surface area (Å²) < 4.78 is 0. The van der Waals surface area contributed by atoms with Crippen LogP contribution in [-0.4, -0.2) is 67.3 Å². The molecule has 142 valence electrons. The lowest BCUT2D eigenvalue weighted by atomic mass is 10.0. The van der Waals surface area contributed by atoms with Gasteiger partial charge in [-0.05, 0) is 44.0 Å². The Balaban J connectivity index is 1.58. The molecular weight excluding hydrogens is 332 g/mol. The van der Waals surface area contributed by atoms with Gasteiger partial charge in [0.1, 0.15) is 0 Å². The summed E-state index contributed by atoms with van der Waals surface area (Å²) in [4.78, 5) is 28.3. The van der Waals surface area contributed by atoms with E-state index in [0.717, 1.165) is 43.6 Å². The van der Waals surface area contributed by atoms with Gasteiger partial charge in [0, 0.05) is 43.5 Å². The van der Waals surface area contributed by atoms with Crippen LogP contribution in [0.1, 0.15) is 35.2 Å². The van der Waals surface area contributed by atoms with E-state index in [1.54, 1.807) is 17.0 Å². The fourth-order valence-electron chi connectivity index (χ4n) is 3.72. The van der Waals surface area contributed by atoms with Crippen LogP contribution in [0.5, 0.6) is 0 Å². The van der Waals surface area contributed by atoms with Crippen molar-refractivity contribution in [3.63, 3.8) is 0 Å². The molecule has 0 spiro atoms. The number of carbonyl (C=O) groups excluding carboxylic acids is 2. The highest BCUT2D eigenvalue weighted by Gasteiger charge is 2.24. The van der Waals surface area contributed by atoms with E-state index < -0.39 is 0 Å². The number of piperidine rings is 1. The van der Waals surface area contributed by atoms with Crippen LogP contribution in [-0.2, 0) is 0 Å². The Morgan fingerprint density at radius 3 is 2.92 bits per heavy atom. The fraction of sp³-hybridized carbons (Fsp3) is 0.579. The summed E-state index contributed by atoms with van der Waals surface area (Å²) in [7, 11) is 0. The minimum Gasteiger partial charge on any atom is -0.395 e. The zero-order valence-corrected chi connectivity index (χ0v) is 15.3. The number of carbonyl (C=O) groups is 2. The number of aliphatic hydroxyl groups is 1. The molecule has 1 aromatic rings. The molecule has 3 rings (SSSR count). The minimum absolute atomic E-state index is 0.120. The maximum absolute atomic E-state index is 12.5. The molecule has 3 amide bonds. The Morgan fingerprint density at radius 1 is 1.35 bits per heavy atom. The standard InChI is InChI=1S/C19H28N4O3/c1-14-5-6-15(12-17(14)23-11-8-21-19(23)26)18(25)20-7-10-22-9-3-2-4-16(22)13-24/h5-6,12,16,24H,2-4,7-11,13H2,1H3,(H,20,25)(H,21,26)/t16-/m1/s1. The van der Waals surface area contributed by atoms with E-state index in [9.17, 15) is 14.7 Å². The number of urea groups is 1. The summed E-state index contributed by atoms with van der Waals surface area (Å²) in [5.74, 6) is -0.136. The molecule has 0 radical (unpaired) electrons. The van der Waals surface area contributed by atoms with E-state index >= 15 is 0 Å². The largest absolute Gasteiger partial charge is 0.395 e. The third-order valence-corrected chi connectivity index (χ3v) is 5.26. The van der Waals surface area contributed by atoms with Crippen LogP contribution in [0.2, 0.25) is 0 Å². The summed E-state index contributed by atoms with van der Waals surface area (Å²) in [5, 5.41) is 15.2. The number of likely N-dealkylation sites (tertiary alicyclic amines) is 1. The van der Waals surface area contributed by atoms with E-state index in [1.165, 1.54) is 0 Å². The molecule has 0 bridgehead atoms. The molecule has 0 aliphatic carbocycles. The lowest BCUT2D eigenvalue weighted by Crippen LogP contribution is -2.45. The van der Waals surface area contributed by atoms with Crippen LogP contribution in [0.25, 0.3) is 0 Å². The third-order valence-electron chi connectivity index (χ3n) is 5.26. The van der Waals surface area contributed by atoms with Gasteiger partial charge in [-0.3, -0.25) is 14.6 Å². The first-order valence-corrected chi connectivity index (χ1v) is 9.39. The van der Waals surface area contributed by atoms with Crippen molar-refractivity contribution in [2.45, 2.75) is 32.2 Å². The second-order valence-corrected chi connectivity index (χ2v) is 7.01. The Labute approximate surface area is 154 Å². The first-order valence-electron chi connectivity index (χ1n) is 9.39. The van der Waals surface area contributed by atoms with Crippen molar-refractivity contribution in [1.29, 1.82) is 0 Å². The first-order chi connectivity index (χ1) is 12.6. The fourth-order valence-corrected chi connectivity index (χ4v) is 3.72. The maximum atomic E-state index is 12.5. The second-order valence-electron chi connectivity index (χ2n) is 7.01. The number of anilines is 1. The van der Waals surface area contributed by atoms with Gasteiger partial charge in [-0.25, -0.2) is 4.79 Å². The van der Waals surface area contributed by atoms with E-state index in [4.69, 9.17) is 0 Å². The number of aliphatic hydroxyl groups excluding tert-OH is 1. The molecule has 2 fully saturated rings. The molecule has 1 atom stereocenters. The van der Waals surface area contributed by atoms with Crippen LogP contribution in [0.4, 0.5) is 10.5 Å². The summed E-state index contributed by atoms with van der Waals surface area (Å²) >= 11 is 0. The normalized spacial score (nSPS) is 20.9. The Kier molecular flexibility index (Phi) is 6.11. The Morgan fingerprint density at radius 2 is 2.19 bits per heavy atom. The molecule has 0 aromatic heterocycles. The number of aryl methyl sites for hydroxylation is 1. The average molecular weight is 360 g/mol. The second kappa shape index (κ2) is 8.51. The number of amides is 3. The third kappa shape index (κ3) is 4.16. The highest BCUT2D eigenvalue weighted by atomic mass is 16.3. The van der Waals surface area contributed by atoms with E-state index in [0.29, 0.717) is 25.2 Å². The molecule has 2 heterocycles. The van der Waals surface area contributed by atoms with Gasteiger partial charge in [0.2, 0.25) is 0 Å². The van der Waals surface area contributed by atoms with E-state index in [-0.39, 0.29) is 24.6 Å². The average Bonchev–Trinajstić information content (AvgIpc) is 3.08. The summed E-state index contributed by atoms with van der Waals surface area (Å²) in [5.41, 5.74) is 2.31. The Hall–Kier alpha value is -2.12. The number of nitrogens with zero attached hydrogens (tertiary/aromatic N) is 2. The maximum Gasteiger partial charge on any atom is 0.322 e. The van der Waals surface area contributed by atoms with Crippen molar-refractivity contribution in [3.05, 3.63) is 29.3 Å². The summed E-state index contributed by atoms with van der Waals surface area (Å²) in [6.45, 7) is 5.60. The lowest BCUT2D eigenvalue weighted by molar-refractivity contribution is 0.0849. The molecule has 3 N–H and O–H groups in total. The molecule has 7 nitrogen and oxygen atoms in total.